The summed E-state index contributed by atoms with van der Waals surface area (Å²) in [4.78, 5) is 2.64. The van der Waals surface area contributed by atoms with E-state index in [1.165, 1.54) is 82.9 Å². The molecule has 1 aliphatic heterocycles. The summed E-state index contributed by atoms with van der Waals surface area (Å²) in [6, 6.07) is 0. The van der Waals surface area contributed by atoms with E-state index in [-0.39, 0.29) is 6.10 Å². The van der Waals surface area contributed by atoms with E-state index >= 15 is 0 Å². The Labute approximate surface area is 150 Å². The molecule has 2 rings (SSSR count). The second-order valence-corrected chi connectivity index (χ2v) is 8.60. The number of fused-ring (bicyclic) bond motifs is 1. The van der Waals surface area contributed by atoms with Gasteiger partial charge in [-0.3, -0.25) is 4.90 Å². The summed E-state index contributed by atoms with van der Waals surface area (Å²) in [5.41, 5.74) is 1.87. The summed E-state index contributed by atoms with van der Waals surface area (Å²) in [6.45, 7) is 8.28. The Kier molecular flexibility index (Phi) is 8.83. The lowest BCUT2D eigenvalue weighted by molar-refractivity contribution is 0.0816. The zero-order chi connectivity index (χ0) is 17.3. The summed E-state index contributed by atoms with van der Waals surface area (Å²) in [7, 11) is 0. The molecular formula is C22H41NO. The summed E-state index contributed by atoms with van der Waals surface area (Å²) < 4.78 is 0. The topological polar surface area (TPSA) is 23.5 Å². The van der Waals surface area contributed by atoms with Crippen LogP contribution in [0.3, 0.4) is 0 Å². The lowest BCUT2D eigenvalue weighted by atomic mass is 9.69. The number of hydrogen-bond donors (Lipinski definition) is 1. The number of hydrogen-bond acceptors (Lipinski definition) is 2. The molecule has 0 bridgehead atoms. The molecule has 1 aliphatic carbocycles. The molecule has 1 fully saturated rings. The van der Waals surface area contributed by atoms with Crippen LogP contribution in [0.5, 0.6) is 0 Å². The first-order chi connectivity index (χ1) is 11.6. The number of aliphatic hydroxyl groups excluding tert-OH is 1. The van der Waals surface area contributed by atoms with Gasteiger partial charge in [-0.15, -0.1) is 0 Å². The Hall–Kier alpha value is -0.340. The fraction of sp³-hybridized carbons (Fsp3) is 0.909. The molecule has 2 heteroatoms. The molecule has 0 spiro atoms. The maximum absolute atomic E-state index is 9.88. The second-order valence-electron chi connectivity index (χ2n) is 8.60. The average Bonchev–Trinajstić information content (AvgIpc) is 2.57. The van der Waals surface area contributed by atoms with Gasteiger partial charge in [0.05, 0.1) is 6.10 Å². The Morgan fingerprint density at radius 1 is 1.04 bits per heavy atom. The molecule has 0 unspecified atom stereocenters. The number of unbranched alkanes of at least 4 members (excludes halogenated alkanes) is 9. The number of rotatable bonds is 11. The van der Waals surface area contributed by atoms with Crippen LogP contribution >= 0.6 is 0 Å². The van der Waals surface area contributed by atoms with Crippen LogP contribution in [0, 0.1) is 5.41 Å². The first kappa shape index (κ1) is 20.0. The van der Waals surface area contributed by atoms with Crippen LogP contribution in [-0.2, 0) is 0 Å². The maximum atomic E-state index is 9.88. The normalized spacial score (nSPS) is 27.8. The number of nitrogens with zero attached hydrogens (tertiary/aromatic N) is 1. The largest absolute Gasteiger partial charge is 0.393 e. The van der Waals surface area contributed by atoms with Gasteiger partial charge in [0.1, 0.15) is 0 Å². The van der Waals surface area contributed by atoms with Gasteiger partial charge in [-0.2, -0.15) is 0 Å². The highest BCUT2D eigenvalue weighted by Gasteiger charge is 2.38. The molecule has 0 aromatic heterocycles. The van der Waals surface area contributed by atoms with Crippen molar-refractivity contribution in [2.45, 2.75) is 103 Å². The molecule has 140 valence electrons. The Balaban J connectivity index is 1.51. The third-order valence-electron chi connectivity index (χ3n) is 6.26. The van der Waals surface area contributed by atoms with Crippen molar-refractivity contribution >= 4 is 0 Å². The van der Waals surface area contributed by atoms with Gasteiger partial charge in [0.2, 0.25) is 0 Å². The highest BCUT2D eigenvalue weighted by molar-refractivity contribution is 5.21. The van der Waals surface area contributed by atoms with Crippen molar-refractivity contribution in [3.63, 3.8) is 0 Å². The van der Waals surface area contributed by atoms with Gasteiger partial charge >= 0.3 is 0 Å². The van der Waals surface area contributed by atoms with Gasteiger partial charge < -0.3 is 5.11 Å². The summed E-state index contributed by atoms with van der Waals surface area (Å²) in [5, 5.41) is 9.88. The minimum atomic E-state index is -0.0853. The second kappa shape index (κ2) is 10.6. The van der Waals surface area contributed by atoms with Gasteiger partial charge in [0.15, 0.2) is 0 Å². The third kappa shape index (κ3) is 6.52. The number of aliphatic hydroxyl groups is 1. The van der Waals surface area contributed by atoms with E-state index in [9.17, 15) is 5.11 Å². The zero-order valence-electron chi connectivity index (χ0n) is 16.4. The molecule has 1 heterocycles. The van der Waals surface area contributed by atoms with Crippen LogP contribution in [0.2, 0.25) is 0 Å². The SMILES string of the molecule is CCCCCCCCCCCCN1CC=C2C[C@@H](O)CC[C@]2(C)C1. The molecule has 0 saturated heterocycles. The highest BCUT2D eigenvalue weighted by atomic mass is 16.3. The summed E-state index contributed by atoms with van der Waals surface area (Å²) in [5.74, 6) is 0. The van der Waals surface area contributed by atoms with Crippen LogP contribution in [0.15, 0.2) is 11.6 Å². The van der Waals surface area contributed by atoms with Gasteiger partial charge in [-0.1, -0.05) is 83.3 Å². The van der Waals surface area contributed by atoms with Crippen molar-refractivity contribution in [3.8, 4) is 0 Å². The highest BCUT2D eigenvalue weighted by Crippen LogP contribution is 2.43. The zero-order valence-corrected chi connectivity index (χ0v) is 16.4. The Morgan fingerprint density at radius 2 is 1.67 bits per heavy atom. The van der Waals surface area contributed by atoms with Crippen LogP contribution in [0.25, 0.3) is 0 Å². The molecule has 0 aromatic rings. The average molecular weight is 336 g/mol. The predicted octanol–water partition coefficient (Wildman–Crippen LogP) is 5.70. The van der Waals surface area contributed by atoms with Gasteiger partial charge in [-0.05, 0) is 32.2 Å². The van der Waals surface area contributed by atoms with Crippen LogP contribution in [0.1, 0.15) is 97.3 Å². The van der Waals surface area contributed by atoms with Crippen molar-refractivity contribution in [2.24, 2.45) is 5.41 Å². The van der Waals surface area contributed by atoms with Crippen LogP contribution in [-0.4, -0.2) is 35.7 Å². The fourth-order valence-corrected chi connectivity index (χ4v) is 4.55. The third-order valence-corrected chi connectivity index (χ3v) is 6.26. The summed E-state index contributed by atoms with van der Waals surface area (Å²) >= 11 is 0. The molecule has 2 atom stereocenters. The molecule has 2 nitrogen and oxygen atoms in total. The molecule has 1 saturated carbocycles. The standard InChI is InChI=1S/C22H41NO/c1-3-4-5-6-7-8-9-10-11-12-16-23-17-14-20-18-21(24)13-15-22(20,2)19-23/h14,21,24H,3-13,15-19H2,1-2H3/t21-,22+/m0/s1. The van der Waals surface area contributed by atoms with Crippen molar-refractivity contribution < 1.29 is 5.11 Å². The molecular weight excluding hydrogens is 294 g/mol. The molecule has 0 aromatic carbocycles. The van der Waals surface area contributed by atoms with Gasteiger partial charge in [0, 0.05) is 18.5 Å². The maximum Gasteiger partial charge on any atom is 0.0577 e. The van der Waals surface area contributed by atoms with E-state index in [1.54, 1.807) is 0 Å². The first-order valence-electron chi connectivity index (χ1n) is 10.7. The molecule has 1 N–H and O–H groups in total. The smallest absolute Gasteiger partial charge is 0.0577 e. The van der Waals surface area contributed by atoms with E-state index in [4.69, 9.17) is 0 Å². The summed E-state index contributed by atoms with van der Waals surface area (Å²) in [6.07, 6.45) is 19.6. The van der Waals surface area contributed by atoms with Crippen molar-refractivity contribution in [1.82, 2.24) is 4.90 Å². The lowest BCUT2D eigenvalue weighted by Gasteiger charge is -2.45. The molecule has 0 amide bonds. The van der Waals surface area contributed by atoms with E-state index in [2.05, 4.69) is 24.8 Å². The van der Waals surface area contributed by atoms with Gasteiger partial charge in [0.25, 0.3) is 0 Å². The van der Waals surface area contributed by atoms with E-state index in [0.717, 1.165) is 25.8 Å². The predicted molar refractivity (Wildman–Crippen MR) is 104 cm³/mol. The monoisotopic (exact) mass is 335 g/mol. The molecule has 0 radical (unpaired) electrons. The van der Waals surface area contributed by atoms with E-state index in [1.807, 2.05) is 0 Å². The van der Waals surface area contributed by atoms with E-state index < -0.39 is 0 Å². The quantitative estimate of drug-likeness (QED) is 0.387. The van der Waals surface area contributed by atoms with Crippen LogP contribution < -0.4 is 0 Å². The van der Waals surface area contributed by atoms with Crippen molar-refractivity contribution in [1.29, 1.82) is 0 Å². The molecule has 2 aliphatic rings. The van der Waals surface area contributed by atoms with Crippen molar-refractivity contribution in [3.05, 3.63) is 11.6 Å². The fourth-order valence-electron chi connectivity index (χ4n) is 4.55. The van der Waals surface area contributed by atoms with E-state index in [0.29, 0.717) is 5.41 Å². The first-order valence-corrected chi connectivity index (χ1v) is 10.7. The van der Waals surface area contributed by atoms with Crippen molar-refractivity contribution in [2.75, 3.05) is 19.6 Å². The Morgan fingerprint density at radius 3 is 2.33 bits per heavy atom. The molecule has 24 heavy (non-hydrogen) atoms. The van der Waals surface area contributed by atoms with Crippen LogP contribution in [0.4, 0.5) is 0 Å². The lowest BCUT2D eigenvalue weighted by Crippen LogP contribution is -2.44. The Bertz CT molecular complexity index is 378. The van der Waals surface area contributed by atoms with Gasteiger partial charge in [-0.25, -0.2) is 0 Å². The minimum absolute atomic E-state index is 0.0853. The minimum Gasteiger partial charge on any atom is -0.393 e.